The van der Waals surface area contributed by atoms with E-state index in [4.69, 9.17) is 17.3 Å². The van der Waals surface area contributed by atoms with Crippen molar-refractivity contribution in [3.63, 3.8) is 0 Å². The molecule has 1 fully saturated rings. The van der Waals surface area contributed by atoms with Crippen LogP contribution >= 0.6 is 11.6 Å². The molecule has 0 radical (unpaired) electrons. The Balaban J connectivity index is 2.01. The van der Waals surface area contributed by atoms with Crippen LogP contribution in [0.1, 0.15) is 13.3 Å². The number of rotatable bonds is 3. The second-order valence-electron chi connectivity index (χ2n) is 4.06. The van der Waals surface area contributed by atoms with Crippen LogP contribution in [-0.4, -0.2) is 6.54 Å². The largest absolute Gasteiger partial charge is 0.397 e. The van der Waals surface area contributed by atoms with Gasteiger partial charge >= 0.3 is 0 Å². The van der Waals surface area contributed by atoms with E-state index in [-0.39, 0.29) is 0 Å². The summed E-state index contributed by atoms with van der Waals surface area (Å²) in [5.74, 6) is 1.65. The van der Waals surface area contributed by atoms with Crippen LogP contribution in [0.5, 0.6) is 0 Å². The molecule has 0 saturated heterocycles. The van der Waals surface area contributed by atoms with Gasteiger partial charge in [-0.15, -0.1) is 0 Å². The number of anilines is 2. The maximum absolute atomic E-state index is 6.03. The summed E-state index contributed by atoms with van der Waals surface area (Å²) in [5, 5.41) is 4.02. The second kappa shape index (κ2) is 3.70. The highest BCUT2D eigenvalue weighted by molar-refractivity contribution is 6.33. The molecule has 0 bridgehead atoms. The molecule has 1 aromatic carbocycles. The van der Waals surface area contributed by atoms with Crippen LogP contribution in [0.15, 0.2) is 18.2 Å². The molecule has 76 valence electrons. The number of para-hydroxylation sites is 1. The smallest absolute Gasteiger partial charge is 0.0763 e. The van der Waals surface area contributed by atoms with Gasteiger partial charge in [0.2, 0.25) is 0 Å². The molecule has 3 N–H and O–H groups in total. The zero-order valence-electron chi connectivity index (χ0n) is 8.26. The average Bonchev–Trinajstić information content (AvgIpc) is 2.81. The Hall–Kier alpha value is -0.890. The molecule has 2 rings (SSSR count). The van der Waals surface area contributed by atoms with E-state index in [0.29, 0.717) is 5.02 Å². The molecule has 1 saturated carbocycles. The van der Waals surface area contributed by atoms with Crippen LogP contribution in [0.4, 0.5) is 11.4 Å². The van der Waals surface area contributed by atoms with Crippen molar-refractivity contribution in [1.29, 1.82) is 0 Å². The molecular weight excluding hydrogens is 196 g/mol. The fourth-order valence-electron chi connectivity index (χ4n) is 1.64. The zero-order valence-corrected chi connectivity index (χ0v) is 9.01. The highest BCUT2D eigenvalue weighted by Crippen LogP contribution is 2.38. The van der Waals surface area contributed by atoms with Gasteiger partial charge in [0.25, 0.3) is 0 Å². The molecule has 0 heterocycles. The lowest BCUT2D eigenvalue weighted by atomic mass is 10.2. The Labute approximate surface area is 89.4 Å². The highest BCUT2D eigenvalue weighted by Gasteiger charge is 2.32. The number of nitrogens with two attached hydrogens (primary N) is 1. The highest BCUT2D eigenvalue weighted by atomic mass is 35.5. The van der Waals surface area contributed by atoms with Crippen LogP contribution in [0, 0.1) is 11.8 Å². The van der Waals surface area contributed by atoms with Crippen molar-refractivity contribution in [2.24, 2.45) is 11.8 Å². The van der Waals surface area contributed by atoms with Crippen LogP contribution in [0.3, 0.4) is 0 Å². The van der Waals surface area contributed by atoms with E-state index in [1.54, 1.807) is 0 Å². The Morgan fingerprint density at radius 2 is 2.29 bits per heavy atom. The van der Waals surface area contributed by atoms with E-state index in [2.05, 4.69) is 12.2 Å². The summed E-state index contributed by atoms with van der Waals surface area (Å²) in [4.78, 5) is 0. The molecule has 0 aromatic heterocycles. The number of nitrogen functional groups attached to an aromatic ring is 1. The first-order chi connectivity index (χ1) is 6.68. The van der Waals surface area contributed by atoms with E-state index in [9.17, 15) is 0 Å². The lowest BCUT2D eigenvalue weighted by Gasteiger charge is -2.10. The molecule has 0 aliphatic heterocycles. The Morgan fingerprint density at radius 3 is 2.86 bits per heavy atom. The lowest BCUT2D eigenvalue weighted by Crippen LogP contribution is -2.07. The summed E-state index contributed by atoms with van der Waals surface area (Å²) in [7, 11) is 0. The van der Waals surface area contributed by atoms with Crippen molar-refractivity contribution < 1.29 is 0 Å². The summed E-state index contributed by atoms with van der Waals surface area (Å²) in [6, 6.07) is 5.59. The normalized spacial score (nSPS) is 24.7. The van der Waals surface area contributed by atoms with Gasteiger partial charge in [-0.3, -0.25) is 0 Å². The molecule has 1 aromatic rings. The minimum atomic E-state index is 0.707. The average molecular weight is 211 g/mol. The first-order valence-corrected chi connectivity index (χ1v) is 5.34. The minimum Gasteiger partial charge on any atom is -0.397 e. The minimum absolute atomic E-state index is 0.707. The monoisotopic (exact) mass is 210 g/mol. The third-order valence-corrected chi connectivity index (χ3v) is 3.18. The molecule has 0 amide bonds. The van der Waals surface area contributed by atoms with Crippen LogP contribution in [0.25, 0.3) is 0 Å². The van der Waals surface area contributed by atoms with E-state index in [1.807, 2.05) is 18.2 Å². The molecule has 1 aliphatic carbocycles. The predicted molar refractivity (Wildman–Crippen MR) is 61.6 cm³/mol. The van der Waals surface area contributed by atoms with Crippen molar-refractivity contribution in [3.8, 4) is 0 Å². The van der Waals surface area contributed by atoms with E-state index in [0.717, 1.165) is 29.8 Å². The summed E-state index contributed by atoms with van der Waals surface area (Å²) in [6.45, 7) is 3.25. The fourth-order valence-corrected chi connectivity index (χ4v) is 1.89. The van der Waals surface area contributed by atoms with Gasteiger partial charge in [-0.1, -0.05) is 24.6 Å². The Morgan fingerprint density at radius 1 is 1.57 bits per heavy atom. The summed E-state index contributed by atoms with van der Waals surface area (Å²) in [5.41, 5.74) is 7.43. The van der Waals surface area contributed by atoms with Gasteiger partial charge < -0.3 is 11.1 Å². The Bertz CT molecular complexity index is 318. The van der Waals surface area contributed by atoms with Gasteiger partial charge in [-0.05, 0) is 30.4 Å². The zero-order chi connectivity index (χ0) is 10.1. The van der Waals surface area contributed by atoms with Crippen LogP contribution in [-0.2, 0) is 0 Å². The van der Waals surface area contributed by atoms with Gasteiger partial charge in [0.15, 0.2) is 0 Å². The molecular formula is C11H15ClN2. The van der Waals surface area contributed by atoms with E-state index >= 15 is 0 Å². The van der Waals surface area contributed by atoms with Gasteiger partial charge in [-0.2, -0.15) is 0 Å². The number of halogens is 1. The molecule has 2 atom stereocenters. The van der Waals surface area contributed by atoms with Gasteiger partial charge in [0.1, 0.15) is 0 Å². The van der Waals surface area contributed by atoms with E-state index < -0.39 is 0 Å². The summed E-state index contributed by atoms with van der Waals surface area (Å²) < 4.78 is 0. The molecule has 0 spiro atoms. The molecule has 14 heavy (non-hydrogen) atoms. The van der Waals surface area contributed by atoms with Crippen LogP contribution < -0.4 is 11.1 Å². The van der Waals surface area contributed by atoms with Crippen LogP contribution in [0.2, 0.25) is 5.02 Å². The number of benzene rings is 1. The molecule has 2 nitrogen and oxygen atoms in total. The summed E-state index contributed by atoms with van der Waals surface area (Å²) >= 11 is 6.03. The quantitative estimate of drug-likeness (QED) is 0.753. The predicted octanol–water partition coefficient (Wildman–Crippen LogP) is 2.99. The lowest BCUT2D eigenvalue weighted by molar-refractivity contribution is 0.787. The fraction of sp³-hybridized carbons (Fsp3) is 0.455. The van der Waals surface area contributed by atoms with Crippen molar-refractivity contribution in [3.05, 3.63) is 23.2 Å². The standard InChI is InChI=1S/C11H15ClN2/c1-7-5-8(7)6-14-11-9(12)3-2-4-10(11)13/h2-4,7-8,14H,5-6,13H2,1H3. The Kier molecular flexibility index (Phi) is 2.55. The van der Waals surface area contributed by atoms with Crippen molar-refractivity contribution in [1.82, 2.24) is 0 Å². The third-order valence-electron chi connectivity index (χ3n) is 2.86. The topological polar surface area (TPSA) is 38.0 Å². The maximum Gasteiger partial charge on any atom is 0.0763 e. The van der Waals surface area contributed by atoms with Gasteiger partial charge in [-0.25, -0.2) is 0 Å². The number of hydrogen-bond acceptors (Lipinski definition) is 2. The van der Waals surface area contributed by atoms with Gasteiger partial charge in [0.05, 0.1) is 16.4 Å². The van der Waals surface area contributed by atoms with Gasteiger partial charge in [0, 0.05) is 6.54 Å². The van der Waals surface area contributed by atoms with Crippen molar-refractivity contribution >= 4 is 23.0 Å². The maximum atomic E-state index is 6.03. The number of hydrogen-bond donors (Lipinski definition) is 2. The SMILES string of the molecule is CC1CC1CNc1c(N)cccc1Cl. The van der Waals surface area contributed by atoms with Crippen molar-refractivity contribution in [2.75, 3.05) is 17.6 Å². The molecule has 3 heteroatoms. The second-order valence-corrected chi connectivity index (χ2v) is 4.47. The third kappa shape index (κ3) is 1.95. The van der Waals surface area contributed by atoms with Crippen molar-refractivity contribution in [2.45, 2.75) is 13.3 Å². The first kappa shape index (κ1) is 9.66. The van der Waals surface area contributed by atoms with E-state index in [1.165, 1.54) is 6.42 Å². The molecule has 1 aliphatic rings. The first-order valence-electron chi connectivity index (χ1n) is 4.96. The molecule has 2 unspecified atom stereocenters. The number of nitrogens with one attached hydrogen (secondary N) is 1. The summed E-state index contributed by atoms with van der Waals surface area (Å²) in [6.07, 6.45) is 1.32.